The highest BCUT2D eigenvalue weighted by Gasteiger charge is 2.27. The van der Waals surface area contributed by atoms with Crippen LogP contribution in [-0.2, 0) is 9.53 Å². The van der Waals surface area contributed by atoms with Crippen molar-refractivity contribution in [1.29, 1.82) is 0 Å². The summed E-state index contributed by atoms with van der Waals surface area (Å²) >= 11 is 0. The van der Waals surface area contributed by atoms with Gasteiger partial charge in [-0.2, -0.15) is 0 Å². The van der Waals surface area contributed by atoms with Crippen LogP contribution in [0.1, 0.15) is 26.2 Å². The number of hydrogen-bond acceptors (Lipinski definition) is 4. The number of amides is 1. The van der Waals surface area contributed by atoms with E-state index >= 15 is 0 Å². The molecular weight excluding hydrogens is 266 g/mol. The van der Waals surface area contributed by atoms with Crippen LogP contribution in [0.4, 0.5) is 0 Å². The zero-order valence-electron chi connectivity index (χ0n) is 13.7. The quantitative estimate of drug-likeness (QED) is 0.683. The Hall–Kier alpha value is -0.650. The average molecular weight is 297 g/mol. The van der Waals surface area contributed by atoms with Crippen LogP contribution in [0.3, 0.4) is 0 Å². The van der Waals surface area contributed by atoms with Crippen molar-refractivity contribution in [3.05, 3.63) is 0 Å². The number of likely N-dealkylation sites (N-methyl/N-ethyl adjacent to an activating group) is 1. The fourth-order valence-electron chi connectivity index (χ4n) is 3.14. The zero-order chi connectivity index (χ0) is 15.1. The Bertz CT molecular complexity index is 325. The van der Waals surface area contributed by atoms with E-state index in [1.54, 1.807) is 0 Å². The molecule has 0 aliphatic carbocycles. The Morgan fingerprint density at radius 2 is 2.05 bits per heavy atom. The van der Waals surface area contributed by atoms with Gasteiger partial charge in [0.15, 0.2) is 0 Å². The molecule has 2 saturated heterocycles. The smallest absolute Gasteiger partial charge is 0.236 e. The molecule has 0 unspecified atom stereocenters. The summed E-state index contributed by atoms with van der Waals surface area (Å²) in [5.74, 6) is 0.841. The van der Waals surface area contributed by atoms with Crippen LogP contribution < -0.4 is 0 Å². The normalized spacial score (nSPS) is 25.2. The molecule has 2 rings (SSSR count). The molecular formula is C16H31N3O2. The minimum atomic E-state index is 0.303. The zero-order valence-corrected chi connectivity index (χ0v) is 13.7. The van der Waals surface area contributed by atoms with Gasteiger partial charge in [-0.05, 0) is 39.4 Å². The van der Waals surface area contributed by atoms with E-state index in [2.05, 4.69) is 23.8 Å². The number of nitrogens with zero attached hydrogens (tertiary/aromatic N) is 3. The first-order valence-corrected chi connectivity index (χ1v) is 8.45. The van der Waals surface area contributed by atoms with E-state index in [-0.39, 0.29) is 0 Å². The summed E-state index contributed by atoms with van der Waals surface area (Å²) in [6.07, 6.45) is 3.33. The molecule has 0 bridgehead atoms. The van der Waals surface area contributed by atoms with Gasteiger partial charge in [0, 0.05) is 38.7 Å². The second-order valence-electron chi connectivity index (χ2n) is 6.50. The van der Waals surface area contributed by atoms with Gasteiger partial charge in [-0.25, -0.2) is 0 Å². The molecule has 0 spiro atoms. The standard InChI is InChI=1S/C16H31N3O2/c1-3-11-21-14-15-5-8-19(12-15)16(20)13-18-7-4-6-17(2)9-10-18/h15H,3-14H2,1-2H3/t15-/m0/s1. The van der Waals surface area contributed by atoms with E-state index < -0.39 is 0 Å². The molecule has 5 nitrogen and oxygen atoms in total. The minimum absolute atomic E-state index is 0.303. The second kappa shape index (κ2) is 8.71. The molecule has 21 heavy (non-hydrogen) atoms. The number of rotatable bonds is 6. The molecule has 122 valence electrons. The molecule has 2 aliphatic rings. The van der Waals surface area contributed by atoms with Crippen molar-refractivity contribution in [3.63, 3.8) is 0 Å². The third-order valence-electron chi connectivity index (χ3n) is 4.51. The van der Waals surface area contributed by atoms with Gasteiger partial charge in [0.05, 0.1) is 13.2 Å². The van der Waals surface area contributed by atoms with E-state index in [4.69, 9.17) is 4.74 Å². The topological polar surface area (TPSA) is 36.0 Å². The van der Waals surface area contributed by atoms with E-state index in [0.29, 0.717) is 18.4 Å². The number of hydrogen-bond donors (Lipinski definition) is 0. The Kier molecular flexibility index (Phi) is 6.93. The van der Waals surface area contributed by atoms with Crippen LogP contribution in [0.5, 0.6) is 0 Å². The van der Waals surface area contributed by atoms with Gasteiger partial charge >= 0.3 is 0 Å². The van der Waals surface area contributed by atoms with Crippen molar-refractivity contribution in [2.24, 2.45) is 5.92 Å². The molecule has 0 radical (unpaired) electrons. The maximum absolute atomic E-state index is 12.4. The van der Waals surface area contributed by atoms with E-state index in [9.17, 15) is 4.79 Å². The molecule has 1 amide bonds. The van der Waals surface area contributed by atoms with Crippen LogP contribution in [0.15, 0.2) is 0 Å². The highest BCUT2D eigenvalue weighted by molar-refractivity contribution is 5.78. The minimum Gasteiger partial charge on any atom is -0.381 e. The summed E-state index contributed by atoms with van der Waals surface area (Å²) in [5, 5.41) is 0. The molecule has 0 aromatic heterocycles. The van der Waals surface area contributed by atoms with E-state index in [0.717, 1.165) is 71.7 Å². The molecule has 2 aliphatic heterocycles. The van der Waals surface area contributed by atoms with Gasteiger partial charge in [-0.3, -0.25) is 9.69 Å². The van der Waals surface area contributed by atoms with Gasteiger partial charge in [0.25, 0.3) is 0 Å². The van der Waals surface area contributed by atoms with Crippen LogP contribution in [0, 0.1) is 5.92 Å². The molecule has 0 aromatic carbocycles. The van der Waals surface area contributed by atoms with Crippen LogP contribution >= 0.6 is 0 Å². The third-order valence-corrected chi connectivity index (χ3v) is 4.51. The molecule has 0 N–H and O–H groups in total. The fraction of sp³-hybridized carbons (Fsp3) is 0.938. The summed E-state index contributed by atoms with van der Waals surface area (Å²) in [6, 6.07) is 0. The van der Waals surface area contributed by atoms with E-state index in [1.807, 2.05) is 4.90 Å². The fourth-order valence-corrected chi connectivity index (χ4v) is 3.14. The summed E-state index contributed by atoms with van der Waals surface area (Å²) in [7, 11) is 2.16. The van der Waals surface area contributed by atoms with Gasteiger partial charge < -0.3 is 14.5 Å². The maximum atomic E-state index is 12.4. The predicted octanol–water partition coefficient (Wildman–Crippen LogP) is 0.899. The lowest BCUT2D eigenvalue weighted by Crippen LogP contribution is -2.40. The van der Waals surface area contributed by atoms with Crippen molar-refractivity contribution in [2.45, 2.75) is 26.2 Å². The largest absolute Gasteiger partial charge is 0.381 e. The molecule has 2 heterocycles. The van der Waals surface area contributed by atoms with Crippen molar-refractivity contribution in [3.8, 4) is 0 Å². The lowest BCUT2D eigenvalue weighted by Gasteiger charge is -2.23. The Labute approximate surface area is 129 Å². The van der Waals surface area contributed by atoms with Crippen molar-refractivity contribution >= 4 is 5.91 Å². The molecule has 1 atom stereocenters. The van der Waals surface area contributed by atoms with Gasteiger partial charge in [0.2, 0.25) is 5.91 Å². The molecule has 0 saturated carbocycles. The Morgan fingerprint density at radius 3 is 2.86 bits per heavy atom. The van der Waals surface area contributed by atoms with Crippen molar-refractivity contribution in [2.75, 3.05) is 66.1 Å². The molecule has 5 heteroatoms. The number of ether oxygens (including phenoxy) is 1. The molecule has 2 fully saturated rings. The average Bonchev–Trinajstić information content (AvgIpc) is 2.84. The Morgan fingerprint density at radius 1 is 1.19 bits per heavy atom. The predicted molar refractivity (Wildman–Crippen MR) is 84.4 cm³/mol. The highest BCUT2D eigenvalue weighted by atomic mass is 16.5. The lowest BCUT2D eigenvalue weighted by molar-refractivity contribution is -0.131. The van der Waals surface area contributed by atoms with Crippen molar-refractivity contribution in [1.82, 2.24) is 14.7 Å². The van der Waals surface area contributed by atoms with Crippen molar-refractivity contribution < 1.29 is 9.53 Å². The van der Waals surface area contributed by atoms with Crippen LogP contribution in [0.2, 0.25) is 0 Å². The van der Waals surface area contributed by atoms with Gasteiger partial charge in [-0.1, -0.05) is 6.92 Å². The van der Waals surface area contributed by atoms with E-state index in [1.165, 1.54) is 0 Å². The first-order chi connectivity index (χ1) is 10.2. The Balaban J connectivity index is 1.69. The van der Waals surface area contributed by atoms with Crippen LogP contribution in [-0.4, -0.2) is 86.7 Å². The first kappa shape index (κ1) is 16.7. The summed E-state index contributed by atoms with van der Waals surface area (Å²) in [6.45, 7) is 10.4. The summed E-state index contributed by atoms with van der Waals surface area (Å²) in [4.78, 5) is 19.1. The lowest BCUT2D eigenvalue weighted by atomic mass is 10.1. The summed E-state index contributed by atoms with van der Waals surface area (Å²) < 4.78 is 5.62. The summed E-state index contributed by atoms with van der Waals surface area (Å²) in [5.41, 5.74) is 0. The number of carbonyl (C=O) groups excluding carboxylic acids is 1. The third kappa shape index (κ3) is 5.57. The SMILES string of the molecule is CCCOC[C@H]1CCN(C(=O)CN2CCCN(C)CC2)C1. The van der Waals surface area contributed by atoms with Gasteiger partial charge in [0.1, 0.15) is 0 Å². The number of likely N-dealkylation sites (tertiary alicyclic amines) is 1. The monoisotopic (exact) mass is 297 g/mol. The second-order valence-corrected chi connectivity index (χ2v) is 6.50. The number of carbonyl (C=O) groups is 1. The first-order valence-electron chi connectivity index (χ1n) is 8.45. The highest BCUT2D eigenvalue weighted by Crippen LogP contribution is 2.17. The maximum Gasteiger partial charge on any atom is 0.236 e. The molecule has 0 aromatic rings. The van der Waals surface area contributed by atoms with Gasteiger partial charge in [-0.15, -0.1) is 0 Å². The van der Waals surface area contributed by atoms with Crippen LogP contribution in [0.25, 0.3) is 0 Å².